The van der Waals surface area contributed by atoms with Crippen molar-refractivity contribution in [2.24, 2.45) is 0 Å². The predicted molar refractivity (Wildman–Crippen MR) is 25.5 cm³/mol. The second-order valence-electron chi connectivity index (χ2n) is 1.81. The quantitative estimate of drug-likeness (QED) is 0.655. The third-order valence-electron chi connectivity index (χ3n) is 0.908. The highest BCUT2D eigenvalue weighted by Gasteiger charge is 2.66. The molecule has 0 N–H and O–H groups in total. The minimum Gasteiger partial charge on any atom is -0.244 e. The summed E-state index contributed by atoms with van der Waals surface area (Å²) in [5.74, 6) is -5.48. The first-order chi connectivity index (χ1) is 5.06. The van der Waals surface area contributed by atoms with Gasteiger partial charge in [-0.1, -0.05) is 4.55 Å². The highest BCUT2D eigenvalue weighted by Crippen LogP contribution is 2.38. The highest BCUT2D eigenvalue weighted by atomic mass is 32.2. The van der Waals surface area contributed by atoms with Gasteiger partial charge in [-0.3, -0.25) is 0 Å². The fourth-order valence-electron chi connectivity index (χ4n) is 0.261. The Morgan fingerprint density at radius 2 is 1.42 bits per heavy atom. The Bertz CT molecular complexity index is 257. The van der Waals surface area contributed by atoms with Crippen molar-refractivity contribution in [2.45, 2.75) is 11.2 Å². The largest absolute Gasteiger partial charge is 0.436 e. The SMILES string of the molecule is [O]S(=O)(=O)C(F)(F)C(F)(F)CF. The number of rotatable bonds is 3. The molecule has 0 atom stereocenters. The third kappa shape index (κ3) is 1.66. The molecule has 0 aromatic rings. The minimum absolute atomic E-state index is 2.92. The molecule has 0 aromatic carbocycles. The van der Waals surface area contributed by atoms with Gasteiger partial charge in [-0.25, -0.2) is 4.39 Å². The van der Waals surface area contributed by atoms with Crippen molar-refractivity contribution in [3.63, 3.8) is 0 Å². The molecule has 3 nitrogen and oxygen atoms in total. The van der Waals surface area contributed by atoms with E-state index in [1.54, 1.807) is 0 Å². The molecule has 0 amide bonds. The number of halogens is 5. The van der Waals surface area contributed by atoms with E-state index in [2.05, 4.69) is 0 Å². The Hall–Kier alpha value is -0.440. The highest BCUT2D eigenvalue weighted by molar-refractivity contribution is 7.86. The van der Waals surface area contributed by atoms with E-state index in [0.29, 0.717) is 0 Å². The van der Waals surface area contributed by atoms with Crippen molar-refractivity contribution in [3.05, 3.63) is 0 Å². The molecule has 0 fully saturated rings. The van der Waals surface area contributed by atoms with Crippen LogP contribution in [0, 0.1) is 0 Å². The van der Waals surface area contributed by atoms with E-state index in [9.17, 15) is 34.9 Å². The van der Waals surface area contributed by atoms with Crippen molar-refractivity contribution in [1.29, 1.82) is 0 Å². The molecule has 0 aliphatic carbocycles. The van der Waals surface area contributed by atoms with Gasteiger partial charge in [0, 0.05) is 0 Å². The first kappa shape index (κ1) is 11.6. The molecule has 0 aromatic heterocycles. The monoisotopic (exact) mass is 213 g/mol. The average Bonchev–Trinajstić information content (AvgIpc) is 1.85. The molecule has 0 rings (SSSR count). The Kier molecular flexibility index (Phi) is 2.70. The van der Waals surface area contributed by atoms with Crippen LogP contribution >= 0.6 is 0 Å². The molecule has 0 heterocycles. The smallest absolute Gasteiger partial charge is 0.244 e. The summed E-state index contributed by atoms with van der Waals surface area (Å²) >= 11 is 0. The van der Waals surface area contributed by atoms with E-state index in [4.69, 9.17) is 0 Å². The molecule has 0 saturated heterocycles. The molecule has 0 aliphatic heterocycles. The van der Waals surface area contributed by atoms with E-state index in [1.165, 1.54) is 0 Å². The number of hydrogen-bond acceptors (Lipinski definition) is 2. The predicted octanol–water partition coefficient (Wildman–Crippen LogP) is 0.944. The molecule has 1 radical (unpaired) electrons. The van der Waals surface area contributed by atoms with Gasteiger partial charge in [0.15, 0.2) is 6.67 Å². The van der Waals surface area contributed by atoms with Crippen molar-refractivity contribution in [1.82, 2.24) is 0 Å². The van der Waals surface area contributed by atoms with E-state index >= 15 is 0 Å². The first-order valence-corrected chi connectivity index (χ1v) is 3.74. The first-order valence-electron chi connectivity index (χ1n) is 2.33. The third-order valence-corrected chi connectivity index (χ3v) is 1.83. The fraction of sp³-hybridized carbons (Fsp3) is 1.00. The Labute approximate surface area is 63.9 Å². The lowest BCUT2D eigenvalue weighted by atomic mass is 10.4. The van der Waals surface area contributed by atoms with E-state index in [-0.39, 0.29) is 0 Å². The summed E-state index contributed by atoms with van der Waals surface area (Å²) < 4.78 is 86.8. The molecule has 0 bridgehead atoms. The van der Waals surface area contributed by atoms with Crippen molar-refractivity contribution >= 4 is 10.1 Å². The molecule has 73 valence electrons. The molecule has 0 unspecified atom stereocenters. The van der Waals surface area contributed by atoms with Gasteiger partial charge in [-0.05, 0) is 0 Å². The Morgan fingerprint density at radius 1 is 1.08 bits per heavy atom. The summed E-state index contributed by atoms with van der Waals surface area (Å²) in [6, 6.07) is 0. The summed E-state index contributed by atoms with van der Waals surface area (Å²) in [4.78, 5) is 0. The van der Waals surface area contributed by atoms with E-state index < -0.39 is 28.0 Å². The summed E-state index contributed by atoms with van der Waals surface area (Å²) in [6.45, 7) is -2.92. The van der Waals surface area contributed by atoms with Crippen LogP contribution in [0.25, 0.3) is 0 Å². The molecular formula is C3H2F5O3S. The van der Waals surface area contributed by atoms with Crippen LogP contribution in [0.2, 0.25) is 0 Å². The van der Waals surface area contributed by atoms with Crippen LogP contribution in [-0.2, 0) is 14.7 Å². The molecule has 0 saturated carbocycles. The van der Waals surface area contributed by atoms with Crippen LogP contribution in [0.3, 0.4) is 0 Å². The maximum absolute atomic E-state index is 11.8. The van der Waals surface area contributed by atoms with Crippen LogP contribution in [0.15, 0.2) is 0 Å². The van der Waals surface area contributed by atoms with Crippen LogP contribution < -0.4 is 0 Å². The zero-order valence-corrected chi connectivity index (χ0v) is 6.05. The lowest BCUT2D eigenvalue weighted by Gasteiger charge is -2.19. The topological polar surface area (TPSA) is 54.0 Å². The Balaban J connectivity index is 5.13. The lowest BCUT2D eigenvalue weighted by Crippen LogP contribution is -2.47. The zero-order chi connectivity index (χ0) is 10.2. The maximum Gasteiger partial charge on any atom is 0.436 e. The van der Waals surface area contributed by atoms with E-state index in [1.807, 2.05) is 0 Å². The van der Waals surface area contributed by atoms with Gasteiger partial charge in [-0.15, -0.1) is 0 Å². The molecular weight excluding hydrogens is 211 g/mol. The van der Waals surface area contributed by atoms with Gasteiger partial charge in [0.05, 0.1) is 0 Å². The van der Waals surface area contributed by atoms with Crippen LogP contribution in [0.1, 0.15) is 0 Å². The molecule has 9 heteroatoms. The summed E-state index contributed by atoms with van der Waals surface area (Å²) in [7, 11) is -6.55. The van der Waals surface area contributed by atoms with Gasteiger partial charge >= 0.3 is 21.3 Å². The normalized spacial score (nSPS) is 14.8. The van der Waals surface area contributed by atoms with E-state index in [0.717, 1.165) is 0 Å². The second-order valence-corrected chi connectivity index (χ2v) is 3.23. The maximum atomic E-state index is 11.8. The zero-order valence-electron chi connectivity index (χ0n) is 5.23. The number of hydrogen-bond donors (Lipinski definition) is 0. The van der Waals surface area contributed by atoms with Gasteiger partial charge in [-0.2, -0.15) is 26.0 Å². The van der Waals surface area contributed by atoms with Gasteiger partial charge < -0.3 is 0 Å². The van der Waals surface area contributed by atoms with Crippen molar-refractivity contribution < 1.29 is 34.9 Å². The second kappa shape index (κ2) is 2.80. The minimum atomic E-state index is -6.55. The summed E-state index contributed by atoms with van der Waals surface area (Å²) in [5.41, 5.74) is 0. The molecule has 0 spiro atoms. The van der Waals surface area contributed by atoms with Gasteiger partial charge in [0.1, 0.15) is 0 Å². The summed E-state index contributed by atoms with van der Waals surface area (Å²) in [6.07, 6.45) is 0. The van der Waals surface area contributed by atoms with Gasteiger partial charge in [0.2, 0.25) is 0 Å². The standard InChI is InChI=1S/C3H2F5O3S/c4-1-2(5,6)3(7,8)12(9,10)11/h1H2. The fourth-order valence-corrected chi connectivity index (χ4v) is 0.681. The van der Waals surface area contributed by atoms with Crippen LogP contribution in [0.4, 0.5) is 22.0 Å². The van der Waals surface area contributed by atoms with Crippen molar-refractivity contribution in [2.75, 3.05) is 6.67 Å². The lowest BCUT2D eigenvalue weighted by molar-refractivity contribution is -0.169. The molecule has 12 heavy (non-hydrogen) atoms. The van der Waals surface area contributed by atoms with Crippen LogP contribution in [0.5, 0.6) is 0 Å². The van der Waals surface area contributed by atoms with Gasteiger partial charge in [0.25, 0.3) is 0 Å². The number of alkyl halides is 5. The van der Waals surface area contributed by atoms with Crippen molar-refractivity contribution in [3.8, 4) is 0 Å². The van der Waals surface area contributed by atoms with Crippen LogP contribution in [-0.4, -0.2) is 26.3 Å². The molecule has 0 aliphatic rings. The average molecular weight is 213 g/mol. The Morgan fingerprint density at radius 3 is 1.50 bits per heavy atom. The summed E-state index contributed by atoms with van der Waals surface area (Å²) in [5, 5.41) is -5.91.